The molecule has 0 aromatic heterocycles. The predicted molar refractivity (Wildman–Crippen MR) is 48.1 cm³/mol. The Labute approximate surface area is 83.1 Å². The first-order valence-electron chi connectivity index (χ1n) is 3.15. The molecule has 3 nitrogen and oxygen atoms in total. The van der Waals surface area contributed by atoms with Crippen LogP contribution in [0.5, 0.6) is 0 Å². The van der Waals surface area contributed by atoms with E-state index in [0.29, 0.717) is 0 Å². The molecule has 1 aromatic rings. The molecule has 0 unspecified atom stereocenters. The van der Waals surface area contributed by atoms with Crippen molar-refractivity contribution in [3.63, 3.8) is 0 Å². The molecule has 0 heterocycles. The average molecular weight is 224 g/mol. The van der Waals surface area contributed by atoms with E-state index < -0.39 is 11.9 Å². The summed E-state index contributed by atoms with van der Waals surface area (Å²) in [7, 11) is 0. The number of amides is 1. The number of rotatable bonds is 1. The quantitative estimate of drug-likeness (QED) is 0.719. The second kappa shape index (κ2) is 3.81. The second-order valence-corrected chi connectivity index (χ2v) is 3.00. The number of anilines is 1. The topological polar surface area (TPSA) is 49.3 Å². The van der Waals surface area contributed by atoms with Gasteiger partial charge < -0.3 is 5.11 Å². The van der Waals surface area contributed by atoms with E-state index in [0.717, 1.165) is 12.1 Å². The molecular formula is C7H4Cl2FNO2. The molecule has 0 spiro atoms. The van der Waals surface area contributed by atoms with Gasteiger partial charge in [0.05, 0.1) is 10.0 Å². The number of hydrogen-bond acceptors (Lipinski definition) is 1. The maximum Gasteiger partial charge on any atom is 0.409 e. The van der Waals surface area contributed by atoms with Gasteiger partial charge in [0.2, 0.25) is 0 Å². The maximum absolute atomic E-state index is 12.8. The average Bonchev–Trinajstić information content (AvgIpc) is 1.98. The van der Waals surface area contributed by atoms with E-state index in [1.54, 1.807) is 0 Å². The maximum atomic E-state index is 12.8. The zero-order valence-electron chi connectivity index (χ0n) is 6.14. The van der Waals surface area contributed by atoms with Crippen LogP contribution < -0.4 is 5.32 Å². The summed E-state index contributed by atoms with van der Waals surface area (Å²) in [6.45, 7) is 0. The van der Waals surface area contributed by atoms with Gasteiger partial charge in [-0.15, -0.1) is 0 Å². The number of carbonyl (C=O) groups is 1. The van der Waals surface area contributed by atoms with Crippen LogP contribution in [0.2, 0.25) is 10.0 Å². The Kier molecular flexibility index (Phi) is 2.95. The molecule has 13 heavy (non-hydrogen) atoms. The molecule has 0 saturated carbocycles. The van der Waals surface area contributed by atoms with E-state index in [-0.39, 0.29) is 15.7 Å². The fourth-order valence-electron chi connectivity index (χ4n) is 0.751. The van der Waals surface area contributed by atoms with Gasteiger partial charge in [-0.25, -0.2) is 9.18 Å². The highest BCUT2D eigenvalue weighted by atomic mass is 35.5. The highest BCUT2D eigenvalue weighted by Crippen LogP contribution is 2.27. The Morgan fingerprint density at radius 3 is 2.23 bits per heavy atom. The van der Waals surface area contributed by atoms with E-state index in [4.69, 9.17) is 28.3 Å². The minimum atomic E-state index is -1.27. The van der Waals surface area contributed by atoms with Crippen molar-refractivity contribution in [2.45, 2.75) is 0 Å². The summed E-state index contributed by atoms with van der Waals surface area (Å²) in [5.74, 6) is -0.765. The van der Waals surface area contributed by atoms with Crippen LogP contribution in [-0.4, -0.2) is 11.2 Å². The van der Waals surface area contributed by atoms with Crippen LogP contribution in [-0.2, 0) is 0 Å². The van der Waals surface area contributed by atoms with Crippen molar-refractivity contribution in [3.05, 3.63) is 28.0 Å². The fourth-order valence-corrected chi connectivity index (χ4v) is 1.24. The first-order valence-corrected chi connectivity index (χ1v) is 3.91. The van der Waals surface area contributed by atoms with Crippen molar-refractivity contribution in [2.24, 2.45) is 0 Å². The fraction of sp³-hybridized carbons (Fsp3) is 0. The Morgan fingerprint density at radius 1 is 1.38 bits per heavy atom. The lowest BCUT2D eigenvalue weighted by atomic mass is 10.3. The summed E-state index contributed by atoms with van der Waals surface area (Å²) in [4.78, 5) is 10.2. The summed E-state index contributed by atoms with van der Waals surface area (Å²) in [5.41, 5.74) is 0.129. The lowest BCUT2D eigenvalue weighted by molar-refractivity contribution is 0.210. The molecule has 0 fully saturated rings. The molecular weight excluding hydrogens is 220 g/mol. The van der Waals surface area contributed by atoms with Gasteiger partial charge in [0.15, 0.2) is 5.82 Å². The second-order valence-electron chi connectivity index (χ2n) is 2.18. The first kappa shape index (κ1) is 10.1. The van der Waals surface area contributed by atoms with Crippen LogP contribution in [0.25, 0.3) is 0 Å². The molecule has 0 saturated heterocycles. The summed E-state index contributed by atoms with van der Waals surface area (Å²) in [5, 5.41) is 9.87. The number of halogens is 3. The molecule has 0 aliphatic carbocycles. The molecule has 0 aliphatic rings. The first-order chi connectivity index (χ1) is 6.00. The number of hydrogen-bond donors (Lipinski definition) is 2. The van der Waals surface area contributed by atoms with Gasteiger partial charge in [-0.1, -0.05) is 23.2 Å². The van der Waals surface area contributed by atoms with Crippen LogP contribution in [0, 0.1) is 5.82 Å². The molecule has 2 N–H and O–H groups in total. The van der Waals surface area contributed by atoms with Crippen molar-refractivity contribution in [2.75, 3.05) is 5.32 Å². The van der Waals surface area contributed by atoms with E-state index >= 15 is 0 Å². The Morgan fingerprint density at radius 2 is 1.85 bits per heavy atom. The molecule has 1 aromatic carbocycles. The number of benzene rings is 1. The van der Waals surface area contributed by atoms with Crippen LogP contribution in [0.15, 0.2) is 12.1 Å². The van der Waals surface area contributed by atoms with Crippen LogP contribution in [0.3, 0.4) is 0 Å². The van der Waals surface area contributed by atoms with Gasteiger partial charge in [-0.3, -0.25) is 5.32 Å². The van der Waals surface area contributed by atoms with E-state index in [1.165, 1.54) is 0 Å². The number of nitrogens with one attached hydrogen (secondary N) is 1. The van der Waals surface area contributed by atoms with Crippen molar-refractivity contribution < 1.29 is 14.3 Å². The van der Waals surface area contributed by atoms with Crippen LogP contribution in [0.4, 0.5) is 14.9 Å². The molecule has 6 heteroatoms. The smallest absolute Gasteiger partial charge is 0.409 e. The summed E-state index contributed by atoms with van der Waals surface area (Å²) in [6, 6.07) is 2.27. The van der Waals surface area contributed by atoms with Crippen molar-refractivity contribution in [1.82, 2.24) is 0 Å². The monoisotopic (exact) mass is 223 g/mol. The van der Waals surface area contributed by atoms with Crippen molar-refractivity contribution in [3.8, 4) is 0 Å². The molecule has 0 radical (unpaired) electrons. The van der Waals surface area contributed by atoms with Gasteiger partial charge in [0, 0.05) is 5.69 Å². The standard InChI is InChI=1S/C7H4Cl2FNO2/c8-4-1-3(11-7(12)13)2-5(9)6(4)10/h1-2,11H,(H,12,13). The minimum absolute atomic E-state index is 0.129. The number of carboxylic acid groups (broad SMARTS) is 1. The third-order valence-electron chi connectivity index (χ3n) is 1.24. The van der Waals surface area contributed by atoms with Crippen LogP contribution in [0.1, 0.15) is 0 Å². The van der Waals surface area contributed by atoms with E-state index in [9.17, 15) is 9.18 Å². The molecule has 70 valence electrons. The van der Waals surface area contributed by atoms with Gasteiger partial charge in [0.25, 0.3) is 0 Å². The highest BCUT2D eigenvalue weighted by molar-refractivity contribution is 6.35. The summed E-state index contributed by atoms with van der Waals surface area (Å²) >= 11 is 10.8. The molecule has 1 rings (SSSR count). The zero-order chi connectivity index (χ0) is 10.0. The SMILES string of the molecule is O=C(O)Nc1cc(Cl)c(F)c(Cl)c1. The normalized spacial score (nSPS) is 9.77. The largest absolute Gasteiger partial charge is 0.465 e. The van der Waals surface area contributed by atoms with Gasteiger partial charge >= 0.3 is 6.09 Å². The Hall–Kier alpha value is -1.00. The zero-order valence-corrected chi connectivity index (χ0v) is 7.66. The van der Waals surface area contributed by atoms with Gasteiger partial charge in [0.1, 0.15) is 0 Å². The van der Waals surface area contributed by atoms with Crippen LogP contribution >= 0.6 is 23.2 Å². The third kappa shape index (κ3) is 2.47. The van der Waals surface area contributed by atoms with Gasteiger partial charge in [-0.2, -0.15) is 0 Å². The highest BCUT2D eigenvalue weighted by Gasteiger charge is 2.08. The third-order valence-corrected chi connectivity index (χ3v) is 1.79. The molecule has 0 bridgehead atoms. The lowest BCUT2D eigenvalue weighted by Crippen LogP contribution is -2.07. The summed E-state index contributed by atoms with van der Waals surface area (Å²) in [6.07, 6.45) is -1.27. The van der Waals surface area contributed by atoms with Gasteiger partial charge in [-0.05, 0) is 12.1 Å². The predicted octanol–water partition coefficient (Wildman–Crippen LogP) is 3.22. The molecule has 1 amide bonds. The Balaban J connectivity index is 3.06. The Bertz CT molecular complexity index is 333. The van der Waals surface area contributed by atoms with Crippen molar-refractivity contribution >= 4 is 35.0 Å². The minimum Gasteiger partial charge on any atom is -0.465 e. The molecule has 0 aliphatic heterocycles. The molecule has 0 atom stereocenters. The van der Waals surface area contributed by atoms with E-state index in [1.807, 2.05) is 5.32 Å². The lowest BCUT2D eigenvalue weighted by Gasteiger charge is -2.03. The van der Waals surface area contributed by atoms with Crippen molar-refractivity contribution in [1.29, 1.82) is 0 Å². The summed E-state index contributed by atoms with van der Waals surface area (Å²) < 4.78 is 12.8. The van der Waals surface area contributed by atoms with E-state index in [2.05, 4.69) is 0 Å².